The van der Waals surface area contributed by atoms with Crippen LogP contribution in [-0.4, -0.2) is 86.0 Å². The maximum atomic E-state index is 14.7. The van der Waals surface area contributed by atoms with E-state index in [1.807, 2.05) is 6.07 Å². The first kappa shape index (κ1) is 24.2. The number of aromatic nitrogens is 6. The second-order valence-electron chi connectivity index (χ2n) is 8.80. The molecule has 4 aromatic heterocycles. The van der Waals surface area contributed by atoms with Gasteiger partial charge in [0.2, 0.25) is 5.95 Å². The molecule has 2 atom stereocenters. The molecule has 0 amide bonds. The van der Waals surface area contributed by atoms with E-state index in [1.165, 1.54) is 4.57 Å². The lowest BCUT2D eigenvalue weighted by molar-refractivity contribution is 0.120. The van der Waals surface area contributed by atoms with E-state index in [9.17, 15) is 17.6 Å². The topological polar surface area (TPSA) is 88.2 Å². The molecule has 5 heterocycles. The molecule has 36 heavy (non-hydrogen) atoms. The van der Waals surface area contributed by atoms with Gasteiger partial charge in [0.15, 0.2) is 11.5 Å². The van der Waals surface area contributed by atoms with Crippen molar-refractivity contribution in [2.45, 2.75) is 38.5 Å². The number of likely N-dealkylation sites (tertiary alicyclic amines) is 1. The average molecular weight is 506 g/mol. The lowest BCUT2D eigenvalue weighted by atomic mass is 10.0. The zero-order chi connectivity index (χ0) is 25.4. The Kier molecular flexibility index (Phi) is 6.65. The van der Waals surface area contributed by atoms with Gasteiger partial charge in [-0.25, -0.2) is 32.0 Å². The molecule has 9 nitrogen and oxygen atoms in total. The van der Waals surface area contributed by atoms with Gasteiger partial charge in [-0.05, 0) is 31.5 Å². The number of piperidine rings is 1. The minimum Gasteiger partial charge on any atom is -0.371 e. The number of alkyl halides is 4. The number of nitrogens with zero attached hydrogens (tertiary/aromatic N) is 7. The van der Waals surface area contributed by atoms with Crippen molar-refractivity contribution in [2.75, 3.05) is 44.0 Å². The van der Waals surface area contributed by atoms with Crippen LogP contribution in [0, 0.1) is 6.92 Å². The Bertz CT molecular complexity index is 1370. The van der Waals surface area contributed by atoms with Gasteiger partial charge >= 0.3 is 0 Å². The first-order valence-electron chi connectivity index (χ1n) is 11.8. The summed E-state index contributed by atoms with van der Waals surface area (Å²) < 4.78 is 56.6. The summed E-state index contributed by atoms with van der Waals surface area (Å²) in [6, 6.07) is 4.86. The molecule has 13 heteroatoms. The number of halogens is 4. The third-order valence-corrected chi connectivity index (χ3v) is 6.47. The van der Waals surface area contributed by atoms with Crippen molar-refractivity contribution in [3.8, 4) is 11.3 Å². The number of hydrogen-bond acceptors (Lipinski definition) is 7. The number of anilines is 2. The molecule has 1 aliphatic rings. The third-order valence-electron chi connectivity index (χ3n) is 6.47. The Morgan fingerprint density at radius 3 is 2.72 bits per heavy atom. The molecular formula is C23H27F4N9. The first-order chi connectivity index (χ1) is 17.4. The molecule has 0 saturated carbocycles. The summed E-state index contributed by atoms with van der Waals surface area (Å²) in [4.78, 5) is 15.3. The maximum absolute atomic E-state index is 14.7. The van der Waals surface area contributed by atoms with E-state index in [0.717, 1.165) is 0 Å². The summed E-state index contributed by atoms with van der Waals surface area (Å²) in [6.07, 6.45) is -1.47. The van der Waals surface area contributed by atoms with Gasteiger partial charge in [0.25, 0.3) is 6.43 Å². The van der Waals surface area contributed by atoms with Crippen LogP contribution >= 0.6 is 0 Å². The van der Waals surface area contributed by atoms with Crippen molar-refractivity contribution >= 4 is 28.4 Å². The van der Waals surface area contributed by atoms with Crippen molar-refractivity contribution in [1.29, 1.82) is 0 Å². The molecule has 0 radical (unpaired) electrons. The molecule has 0 bridgehead atoms. The van der Waals surface area contributed by atoms with Crippen molar-refractivity contribution < 1.29 is 17.6 Å². The van der Waals surface area contributed by atoms with Crippen LogP contribution in [0.3, 0.4) is 0 Å². The summed E-state index contributed by atoms with van der Waals surface area (Å²) in [6.45, 7) is 1.66. The molecule has 5 rings (SSSR count). The Morgan fingerprint density at radius 1 is 1.17 bits per heavy atom. The quantitative estimate of drug-likeness (QED) is 0.354. The first-order valence-corrected chi connectivity index (χ1v) is 11.8. The Hall–Kier alpha value is -3.48. The van der Waals surface area contributed by atoms with E-state index >= 15 is 0 Å². The summed E-state index contributed by atoms with van der Waals surface area (Å²) in [5, 5.41) is 10.6. The van der Waals surface area contributed by atoms with Gasteiger partial charge in [-0.1, -0.05) is 0 Å². The van der Waals surface area contributed by atoms with Gasteiger partial charge in [-0.15, -0.1) is 5.10 Å². The number of nitrogens with one attached hydrogen (secondary N) is 2. The summed E-state index contributed by atoms with van der Waals surface area (Å²) in [5.41, 5.74) is 2.82. The van der Waals surface area contributed by atoms with E-state index < -0.39 is 31.9 Å². The zero-order valence-electron chi connectivity index (χ0n) is 19.9. The molecule has 0 aromatic carbocycles. The summed E-state index contributed by atoms with van der Waals surface area (Å²) in [7, 11) is 1.72. The normalized spacial score (nSPS) is 19.0. The van der Waals surface area contributed by atoms with Crippen LogP contribution in [0.1, 0.15) is 12.2 Å². The molecule has 1 saturated heterocycles. The summed E-state index contributed by atoms with van der Waals surface area (Å²) >= 11 is 0. The molecule has 192 valence electrons. The number of hydrogen-bond donors (Lipinski definition) is 2. The molecule has 2 unspecified atom stereocenters. The van der Waals surface area contributed by atoms with Gasteiger partial charge in [-0.2, -0.15) is 4.98 Å². The van der Waals surface area contributed by atoms with E-state index in [0.29, 0.717) is 52.5 Å². The van der Waals surface area contributed by atoms with Gasteiger partial charge in [0.05, 0.1) is 18.3 Å². The Morgan fingerprint density at radius 2 is 2.00 bits per heavy atom. The highest BCUT2D eigenvalue weighted by molar-refractivity contribution is 5.89. The highest BCUT2D eigenvalue weighted by Gasteiger charge is 2.30. The van der Waals surface area contributed by atoms with Gasteiger partial charge in [0.1, 0.15) is 29.7 Å². The zero-order valence-corrected chi connectivity index (χ0v) is 19.9. The van der Waals surface area contributed by atoms with Crippen LogP contribution in [0.15, 0.2) is 24.4 Å². The second-order valence-corrected chi connectivity index (χ2v) is 8.80. The standard InChI is InChI=1S/C23H27F4N9/c1-13-29-18-4-3-16(30-22(18)35(13)12-19(26)27)14-5-9-36-20(14)21(28-2)32-23(33-36)31-17-6-8-34(10-7-24)11-15(17)25/h3-5,9,15,17,19H,6-8,10-12H2,1-2H3,(H2,28,31,32,33). The maximum Gasteiger partial charge on any atom is 0.256 e. The molecule has 4 aromatic rings. The Labute approximate surface area is 204 Å². The van der Waals surface area contributed by atoms with E-state index in [4.69, 9.17) is 0 Å². The van der Waals surface area contributed by atoms with Gasteiger partial charge in [0, 0.05) is 38.4 Å². The molecular weight excluding hydrogens is 478 g/mol. The molecule has 1 fully saturated rings. The number of rotatable bonds is 8. The molecule has 2 N–H and O–H groups in total. The lowest BCUT2D eigenvalue weighted by Crippen LogP contribution is -2.48. The predicted molar refractivity (Wildman–Crippen MR) is 129 cm³/mol. The Balaban J connectivity index is 1.47. The fraction of sp³-hybridized carbons (Fsp3) is 0.478. The van der Waals surface area contributed by atoms with Crippen LogP contribution in [0.25, 0.3) is 27.9 Å². The smallest absolute Gasteiger partial charge is 0.256 e. The van der Waals surface area contributed by atoms with Crippen molar-refractivity contribution in [3.05, 3.63) is 30.2 Å². The number of fused-ring (bicyclic) bond motifs is 2. The average Bonchev–Trinajstić information content (AvgIpc) is 3.41. The fourth-order valence-corrected chi connectivity index (χ4v) is 4.71. The van der Waals surface area contributed by atoms with Gasteiger partial charge in [-0.3, -0.25) is 4.90 Å². The van der Waals surface area contributed by atoms with E-state index in [1.54, 1.807) is 41.7 Å². The SMILES string of the molecule is CNc1nc(NC2CCN(CCF)CC2F)nn2ccc(-c3ccc4nc(C)n(CC(F)F)c4n3)c12. The second kappa shape index (κ2) is 9.88. The minimum atomic E-state index is -2.53. The number of imidazole rings is 1. The summed E-state index contributed by atoms with van der Waals surface area (Å²) in [5.74, 6) is 1.22. The fourth-order valence-electron chi connectivity index (χ4n) is 4.71. The van der Waals surface area contributed by atoms with Crippen molar-refractivity contribution in [2.24, 2.45) is 0 Å². The molecule has 1 aliphatic heterocycles. The lowest BCUT2D eigenvalue weighted by Gasteiger charge is -2.34. The highest BCUT2D eigenvalue weighted by atomic mass is 19.3. The number of pyridine rings is 1. The van der Waals surface area contributed by atoms with Crippen LogP contribution < -0.4 is 10.6 Å². The largest absolute Gasteiger partial charge is 0.371 e. The van der Waals surface area contributed by atoms with Crippen LogP contribution in [0.4, 0.5) is 29.3 Å². The minimum absolute atomic E-state index is 0.159. The van der Waals surface area contributed by atoms with Crippen LogP contribution in [0.2, 0.25) is 0 Å². The monoisotopic (exact) mass is 505 g/mol. The third kappa shape index (κ3) is 4.54. The van der Waals surface area contributed by atoms with Crippen molar-refractivity contribution in [1.82, 2.24) is 34.0 Å². The van der Waals surface area contributed by atoms with Gasteiger partial charge < -0.3 is 15.2 Å². The van der Waals surface area contributed by atoms with Crippen molar-refractivity contribution in [3.63, 3.8) is 0 Å². The van der Waals surface area contributed by atoms with Crippen LogP contribution in [0.5, 0.6) is 0 Å². The van der Waals surface area contributed by atoms with Crippen LogP contribution in [-0.2, 0) is 6.54 Å². The van der Waals surface area contributed by atoms with E-state index in [2.05, 4.69) is 30.7 Å². The molecule has 0 spiro atoms. The molecule has 0 aliphatic carbocycles. The van der Waals surface area contributed by atoms with E-state index in [-0.39, 0.29) is 19.0 Å². The highest BCUT2D eigenvalue weighted by Crippen LogP contribution is 2.31. The number of aryl methyl sites for hydroxylation is 1. The predicted octanol–water partition coefficient (Wildman–Crippen LogP) is 3.55.